The lowest BCUT2D eigenvalue weighted by atomic mass is 10.2. The highest BCUT2D eigenvalue weighted by atomic mass is 16.5. The van der Waals surface area contributed by atoms with Crippen LogP contribution in [0.5, 0.6) is 0 Å². The van der Waals surface area contributed by atoms with Crippen molar-refractivity contribution < 1.29 is 19.4 Å². The molecular weight excluding hydrogens is 544 g/mol. The zero-order chi connectivity index (χ0) is 32.6. The molecule has 0 amide bonds. The lowest BCUT2D eigenvalue weighted by Crippen LogP contribution is -2.02. The lowest BCUT2D eigenvalue weighted by Gasteiger charge is -1.98. The molecule has 44 heavy (non-hydrogen) atoms. The minimum atomic E-state index is -0.699. The fourth-order valence-corrected chi connectivity index (χ4v) is 3.60. The number of carboxylic acids is 1. The molecule has 0 heterocycles. The monoisotopic (exact) mass is 606 g/mol. The van der Waals surface area contributed by atoms with Gasteiger partial charge in [-0.3, -0.25) is 9.59 Å². The molecule has 0 rings (SSSR count). The topological polar surface area (TPSA) is 63.6 Å². The predicted molar refractivity (Wildman–Crippen MR) is 192 cm³/mol. The van der Waals surface area contributed by atoms with Gasteiger partial charge in [-0.2, -0.15) is 0 Å². The van der Waals surface area contributed by atoms with Gasteiger partial charge in [-0.15, -0.1) is 0 Å². The first-order chi connectivity index (χ1) is 21.6. The van der Waals surface area contributed by atoms with Crippen molar-refractivity contribution in [2.75, 3.05) is 6.61 Å². The molecule has 0 aromatic carbocycles. The molecule has 0 unspecified atom stereocenters. The minimum absolute atomic E-state index is 0.0927. The largest absolute Gasteiger partial charge is 0.481 e. The Morgan fingerprint density at radius 1 is 0.455 bits per heavy atom. The zero-order valence-electron chi connectivity index (χ0n) is 28.1. The first-order valence-corrected chi connectivity index (χ1v) is 16.8. The quantitative estimate of drug-likeness (QED) is 0.0604. The van der Waals surface area contributed by atoms with Gasteiger partial charge in [-0.1, -0.05) is 123 Å². The number of carbonyl (C=O) groups is 2. The maximum Gasteiger partial charge on any atom is 0.305 e. The summed E-state index contributed by atoms with van der Waals surface area (Å²) in [5.74, 6) is -0.792. The van der Waals surface area contributed by atoms with Crippen molar-refractivity contribution in [1.82, 2.24) is 0 Å². The van der Waals surface area contributed by atoms with E-state index in [4.69, 9.17) is 9.84 Å². The van der Waals surface area contributed by atoms with Crippen LogP contribution in [-0.2, 0) is 14.3 Å². The molecule has 4 heteroatoms. The summed E-state index contributed by atoms with van der Waals surface area (Å²) in [6.07, 6.45) is 53.7. The highest BCUT2D eigenvalue weighted by molar-refractivity contribution is 5.69. The van der Waals surface area contributed by atoms with Gasteiger partial charge in [0.05, 0.1) is 6.61 Å². The van der Waals surface area contributed by atoms with Gasteiger partial charge < -0.3 is 9.84 Å². The normalized spacial score (nSPS) is 12.5. The summed E-state index contributed by atoms with van der Waals surface area (Å²) in [6.45, 7) is 6.60. The number of unbranched alkanes of at least 4 members (excludes halogenated alkanes) is 3. The molecule has 0 saturated carbocycles. The highest BCUT2D eigenvalue weighted by Crippen LogP contribution is 2.02. The molecule has 0 spiro atoms. The van der Waals surface area contributed by atoms with E-state index in [9.17, 15) is 9.59 Å². The van der Waals surface area contributed by atoms with Crippen LogP contribution in [0.1, 0.15) is 124 Å². The van der Waals surface area contributed by atoms with Gasteiger partial charge in [0, 0.05) is 12.8 Å². The Kier molecular flexibility index (Phi) is 38.5. The van der Waals surface area contributed by atoms with E-state index >= 15 is 0 Å². The van der Waals surface area contributed by atoms with Gasteiger partial charge in [0.1, 0.15) is 0 Å². The number of hydrogen-bond donors (Lipinski definition) is 1. The van der Waals surface area contributed by atoms with Gasteiger partial charge in [-0.25, -0.2) is 0 Å². The van der Waals surface area contributed by atoms with Gasteiger partial charge in [0.2, 0.25) is 0 Å². The van der Waals surface area contributed by atoms with Crippen molar-refractivity contribution in [2.24, 2.45) is 0 Å². The second-order valence-corrected chi connectivity index (χ2v) is 10.0. The Morgan fingerprint density at radius 2 is 0.795 bits per heavy atom. The number of carboxylic acid groups (broad SMARTS) is 1. The Hall–Kier alpha value is -3.40. The average molecular weight is 607 g/mol. The van der Waals surface area contributed by atoms with Crippen LogP contribution in [0.4, 0.5) is 0 Å². The van der Waals surface area contributed by atoms with Crippen LogP contribution in [0.2, 0.25) is 0 Å². The fourth-order valence-electron chi connectivity index (χ4n) is 3.60. The predicted octanol–water partition coefficient (Wildman–Crippen LogP) is 11.9. The van der Waals surface area contributed by atoms with Gasteiger partial charge in [-0.05, 0) is 96.8 Å². The van der Waals surface area contributed by atoms with Crippen LogP contribution in [0.3, 0.4) is 0 Å². The standard InChI is InChI=1S/C22H34O2.C18H28O2/c1-3-5-6-7-8-9-10-11-12-13-14-15-16-17-18-19-20-21-22(23)24-4-2;1-2-3-4-5-6-7-8-9-10-11-12-13-14-15-16-17-18(19)20/h5-6,8-9,11-12,14-15,17-18H,3-4,7,10,13,16,19-21H2,1-2H3;3-4,6-7,9-10,12-13H,2,5,8,11,14-17H2,1H3,(H,19,20)/b6-5-,9-8-,12-11-,15-14-,18-17-;4-3-,7-6-,10-9-,13-12-. The van der Waals surface area contributed by atoms with E-state index in [1.807, 2.05) is 6.92 Å². The molecule has 0 aliphatic rings. The number of rotatable bonds is 26. The molecule has 0 saturated heterocycles. The van der Waals surface area contributed by atoms with Crippen molar-refractivity contribution in [3.05, 3.63) is 109 Å². The first-order valence-electron chi connectivity index (χ1n) is 16.8. The summed E-state index contributed by atoms with van der Waals surface area (Å²) >= 11 is 0. The van der Waals surface area contributed by atoms with Crippen molar-refractivity contribution in [2.45, 2.75) is 124 Å². The molecule has 0 aliphatic carbocycles. The third kappa shape index (κ3) is 43.1. The summed E-state index contributed by atoms with van der Waals surface area (Å²) < 4.78 is 4.88. The van der Waals surface area contributed by atoms with E-state index in [2.05, 4.69) is 123 Å². The van der Waals surface area contributed by atoms with Crippen LogP contribution < -0.4 is 0 Å². The van der Waals surface area contributed by atoms with Gasteiger partial charge in [0.25, 0.3) is 0 Å². The Labute approximate surface area is 270 Å². The van der Waals surface area contributed by atoms with E-state index in [1.54, 1.807) is 0 Å². The molecule has 0 aromatic rings. The van der Waals surface area contributed by atoms with Crippen LogP contribution >= 0.6 is 0 Å². The number of ether oxygens (including phenoxy) is 1. The number of esters is 1. The van der Waals surface area contributed by atoms with Gasteiger partial charge >= 0.3 is 11.9 Å². The minimum Gasteiger partial charge on any atom is -0.481 e. The van der Waals surface area contributed by atoms with E-state index in [0.29, 0.717) is 13.0 Å². The lowest BCUT2D eigenvalue weighted by molar-refractivity contribution is -0.143. The molecule has 1 N–H and O–H groups in total. The van der Waals surface area contributed by atoms with Crippen LogP contribution in [0.15, 0.2) is 109 Å². The number of allylic oxidation sites excluding steroid dienone is 18. The summed E-state index contributed by atoms with van der Waals surface area (Å²) in [4.78, 5) is 21.4. The molecule has 4 nitrogen and oxygen atoms in total. The number of carbonyl (C=O) groups excluding carboxylic acids is 1. The Balaban J connectivity index is 0. The van der Waals surface area contributed by atoms with Crippen molar-refractivity contribution in [3.63, 3.8) is 0 Å². The van der Waals surface area contributed by atoms with E-state index < -0.39 is 5.97 Å². The molecule has 0 fully saturated rings. The maximum absolute atomic E-state index is 11.1. The molecule has 0 aromatic heterocycles. The smallest absolute Gasteiger partial charge is 0.305 e. The van der Waals surface area contributed by atoms with Crippen LogP contribution in [-0.4, -0.2) is 23.7 Å². The SMILES string of the molecule is CC/C=C\C/C=C\C/C=C\C/C=C\C/C=C\CCCC(=O)OCC.CC/C=C\C/C=C\C/C=C\C/C=C\CCCCC(=O)O. The average Bonchev–Trinajstić information content (AvgIpc) is 3.01. The molecule has 0 bridgehead atoms. The number of hydrogen-bond acceptors (Lipinski definition) is 3. The third-order valence-corrected chi connectivity index (χ3v) is 5.95. The molecular formula is C40H62O4. The summed E-state index contributed by atoms with van der Waals surface area (Å²) in [7, 11) is 0. The van der Waals surface area contributed by atoms with Crippen LogP contribution in [0, 0.1) is 0 Å². The molecule has 0 atom stereocenters. The van der Waals surface area contributed by atoms with E-state index in [-0.39, 0.29) is 12.4 Å². The van der Waals surface area contributed by atoms with Crippen LogP contribution in [0.25, 0.3) is 0 Å². The van der Waals surface area contributed by atoms with E-state index in [1.165, 1.54) is 0 Å². The first kappa shape index (κ1) is 42.7. The second-order valence-electron chi connectivity index (χ2n) is 10.0. The van der Waals surface area contributed by atoms with Gasteiger partial charge in [0.15, 0.2) is 0 Å². The maximum atomic E-state index is 11.1. The fraction of sp³-hybridized carbons (Fsp3) is 0.500. The highest BCUT2D eigenvalue weighted by Gasteiger charge is 1.98. The van der Waals surface area contributed by atoms with Crippen molar-refractivity contribution in [1.29, 1.82) is 0 Å². The Morgan fingerprint density at radius 3 is 1.14 bits per heavy atom. The molecule has 0 aliphatic heterocycles. The van der Waals surface area contributed by atoms with E-state index in [0.717, 1.165) is 89.9 Å². The summed E-state index contributed by atoms with van der Waals surface area (Å²) in [6, 6.07) is 0. The summed E-state index contributed by atoms with van der Waals surface area (Å²) in [5.41, 5.74) is 0. The third-order valence-electron chi connectivity index (χ3n) is 5.95. The summed E-state index contributed by atoms with van der Waals surface area (Å²) in [5, 5.41) is 8.48. The number of aliphatic carboxylic acids is 1. The second kappa shape index (κ2) is 39.6. The molecule has 246 valence electrons. The van der Waals surface area contributed by atoms with Crippen molar-refractivity contribution >= 4 is 11.9 Å². The Bertz CT molecular complexity index is 910. The molecule has 0 radical (unpaired) electrons. The zero-order valence-corrected chi connectivity index (χ0v) is 28.1. The van der Waals surface area contributed by atoms with Crippen molar-refractivity contribution in [3.8, 4) is 0 Å².